The van der Waals surface area contributed by atoms with E-state index in [1.807, 2.05) is 0 Å². The van der Waals surface area contributed by atoms with E-state index in [-0.39, 0.29) is 11.7 Å². The molecule has 0 saturated carbocycles. The summed E-state index contributed by atoms with van der Waals surface area (Å²) < 4.78 is 19.5. The zero-order valence-corrected chi connectivity index (χ0v) is 13.6. The van der Waals surface area contributed by atoms with E-state index in [0.29, 0.717) is 25.3 Å². The smallest absolute Gasteiger partial charge is 0.450 e. The van der Waals surface area contributed by atoms with Crippen molar-refractivity contribution in [3.8, 4) is 0 Å². The Bertz CT molecular complexity index is 350. The highest BCUT2D eigenvalue weighted by atomic mass is 32.2. The Morgan fingerprint density at radius 3 is 2.60 bits per heavy atom. The van der Waals surface area contributed by atoms with Crippen molar-refractivity contribution in [2.75, 3.05) is 25.5 Å². The van der Waals surface area contributed by atoms with Crippen LogP contribution < -0.4 is 5.32 Å². The van der Waals surface area contributed by atoms with E-state index in [4.69, 9.17) is 9.63 Å². The number of nitrogens with one attached hydrogen (secondary N) is 1. The number of hydrogen-bond acceptors (Lipinski definition) is 6. The van der Waals surface area contributed by atoms with Crippen molar-refractivity contribution in [3.63, 3.8) is 0 Å². The summed E-state index contributed by atoms with van der Waals surface area (Å²) in [5.41, 5.74) is -0.606. The average Bonchev–Trinajstić information content (AvgIpc) is 2.34. The summed E-state index contributed by atoms with van der Waals surface area (Å²) in [5, 5.41) is 2.50. The van der Waals surface area contributed by atoms with E-state index in [9.17, 15) is 14.2 Å². The summed E-state index contributed by atoms with van der Waals surface area (Å²) in [7, 11) is -2.62. The molecule has 1 atom stereocenters. The van der Waals surface area contributed by atoms with E-state index < -0.39 is 19.8 Å². The van der Waals surface area contributed by atoms with E-state index in [2.05, 4.69) is 9.84 Å². The van der Waals surface area contributed by atoms with E-state index in [1.54, 1.807) is 20.8 Å². The van der Waals surface area contributed by atoms with E-state index in [1.165, 1.54) is 0 Å². The van der Waals surface area contributed by atoms with Gasteiger partial charge in [0.2, 0.25) is 0 Å². The van der Waals surface area contributed by atoms with Gasteiger partial charge in [-0.05, 0) is 13.3 Å². The van der Waals surface area contributed by atoms with Gasteiger partial charge in [-0.1, -0.05) is 25.6 Å². The molecular weight excluding hydrogens is 305 g/mol. The second kappa shape index (κ2) is 10.1. The van der Waals surface area contributed by atoms with Gasteiger partial charge in [0, 0.05) is 22.3 Å². The van der Waals surface area contributed by atoms with Gasteiger partial charge < -0.3 is 10.1 Å². The first-order valence-corrected chi connectivity index (χ1v) is 8.28. The molecule has 0 aromatic heterocycles. The van der Waals surface area contributed by atoms with Crippen molar-refractivity contribution >= 4 is 31.2 Å². The molecule has 1 unspecified atom stereocenters. The largest absolute Gasteiger partial charge is 0.694 e. The molecule has 0 fully saturated rings. The lowest BCUT2D eigenvalue weighted by Crippen LogP contribution is -2.31. The first-order chi connectivity index (χ1) is 9.29. The molecule has 2 N–H and O–H groups in total. The average molecular weight is 326 g/mol. The third-order valence-electron chi connectivity index (χ3n) is 2.37. The zero-order chi connectivity index (χ0) is 15.6. The van der Waals surface area contributed by atoms with Crippen LogP contribution in [0.2, 0.25) is 0 Å². The number of ether oxygens (including phenoxy) is 1. The maximum atomic E-state index is 11.9. The number of hydrogen-bond donors (Lipinski definition) is 2. The van der Waals surface area contributed by atoms with Crippen LogP contribution in [0, 0.1) is 5.41 Å². The van der Waals surface area contributed by atoms with Crippen LogP contribution in [0.4, 0.5) is 4.79 Å². The summed E-state index contributed by atoms with van der Waals surface area (Å²) >= 11 is 1.05. The minimum Gasteiger partial charge on any atom is -0.450 e. The lowest BCUT2D eigenvalue weighted by Gasteiger charge is -2.22. The van der Waals surface area contributed by atoms with Gasteiger partial charge in [0.25, 0.3) is 0 Å². The Balaban J connectivity index is 3.93. The van der Waals surface area contributed by atoms with Gasteiger partial charge in [-0.25, -0.2) is 4.79 Å². The number of rotatable bonds is 9. The second-order valence-corrected chi connectivity index (χ2v) is 6.29. The summed E-state index contributed by atoms with van der Waals surface area (Å²) in [5.74, 6) is 0.315. The molecule has 0 aromatic carbocycles. The topological polar surface area (TPSA) is 102 Å². The molecule has 0 aromatic rings. The molecule has 7 nitrogen and oxygen atoms in total. The third-order valence-corrected chi connectivity index (χ3v) is 3.95. The molecule has 0 radical (unpaired) electrons. The Kier molecular flexibility index (Phi) is 9.75. The maximum absolute atomic E-state index is 11.9. The number of amides is 1. The highest BCUT2D eigenvalue weighted by molar-refractivity contribution is 8.13. The van der Waals surface area contributed by atoms with Crippen LogP contribution in [-0.4, -0.2) is 41.6 Å². The molecule has 0 aliphatic carbocycles. The fourth-order valence-corrected chi connectivity index (χ4v) is 2.42. The highest BCUT2D eigenvalue weighted by Crippen LogP contribution is 2.27. The first kappa shape index (κ1) is 19.3. The molecule has 0 bridgehead atoms. The molecule has 1 amide bonds. The summed E-state index contributed by atoms with van der Waals surface area (Å²) in [6, 6.07) is 0. The zero-order valence-electron chi connectivity index (χ0n) is 11.9. The Morgan fingerprint density at radius 1 is 1.40 bits per heavy atom. The summed E-state index contributed by atoms with van der Waals surface area (Å²) in [6.45, 7) is 5.96. The number of alkyl carbamates (subject to hydrolysis) is 1. The molecule has 0 rings (SSSR count). The minimum absolute atomic E-state index is 0.0409. The van der Waals surface area contributed by atoms with Crippen LogP contribution in [0.25, 0.3) is 0 Å². The van der Waals surface area contributed by atoms with Crippen molar-refractivity contribution in [1.29, 1.82) is 0 Å². The third kappa shape index (κ3) is 9.25. The lowest BCUT2D eigenvalue weighted by molar-refractivity contribution is -0.118. The quantitative estimate of drug-likeness (QED) is 0.494. The predicted octanol–water partition coefficient (Wildman–Crippen LogP) is 2.07. The standard InChI is InChI=1S/C11H20NO6PS/c1-4-17-10(14)12-6-5-11(2,3)9(13)20-8-7-18-19(15)16/h4-8H2,1-3H3,(H-,12,14,15,16)/p+1. The molecule has 9 heteroatoms. The Hall–Kier alpha value is -0.690. The highest BCUT2D eigenvalue weighted by Gasteiger charge is 2.27. The summed E-state index contributed by atoms with van der Waals surface area (Å²) in [4.78, 5) is 31.5. The van der Waals surface area contributed by atoms with Gasteiger partial charge in [-0.15, -0.1) is 9.42 Å². The fraction of sp³-hybridized carbons (Fsp3) is 0.818. The van der Waals surface area contributed by atoms with Gasteiger partial charge in [0.1, 0.15) is 6.61 Å². The van der Waals surface area contributed by atoms with E-state index >= 15 is 0 Å². The molecule has 0 aliphatic heterocycles. The number of thioether (sulfide) groups is 1. The van der Waals surface area contributed by atoms with Crippen LogP contribution in [-0.2, 0) is 18.6 Å². The van der Waals surface area contributed by atoms with Crippen LogP contribution in [0.15, 0.2) is 0 Å². The van der Waals surface area contributed by atoms with Gasteiger partial charge in [0.15, 0.2) is 5.12 Å². The Labute approximate surface area is 123 Å². The predicted molar refractivity (Wildman–Crippen MR) is 76.7 cm³/mol. The van der Waals surface area contributed by atoms with Gasteiger partial charge >= 0.3 is 14.3 Å². The summed E-state index contributed by atoms with van der Waals surface area (Å²) in [6.07, 6.45) is -0.0178. The van der Waals surface area contributed by atoms with Crippen molar-refractivity contribution in [3.05, 3.63) is 0 Å². The number of carbonyl (C=O) groups is 2. The molecule has 0 heterocycles. The first-order valence-electron chi connectivity index (χ1n) is 6.16. The van der Waals surface area contributed by atoms with Crippen molar-refractivity contribution in [2.45, 2.75) is 27.2 Å². The van der Waals surface area contributed by atoms with Crippen LogP contribution in [0.5, 0.6) is 0 Å². The van der Waals surface area contributed by atoms with Crippen molar-refractivity contribution < 1.29 is 28.3 Å². The Morgan fingerprint density at radius 2 is 2.05 bits per heavy atom. The molecular formula is C11H21NO6PS+. The van der Waals surface area contributed by atoms with Crippen LogP contribution in [0.3, 0.4) is 0 Å². The van der Waals surface area contributed by atoms with Crippen molar-refractivity contribution in [1.82, 2.24) is 5.32 Å². The molecule has 0 aliphatic rings. The molecule has 116 valence electrons. The fourth-order valence-electron chi connectivity index (χ4n) is 1.21. The van der Waals surface area contributed by atoms with Gasteiger partial charge in [-0.2, -0.15) is 0 Å². The van der Waals surface area contributed by atoms with Crippen LogP contribution >= 0.6 is 20.0 Å². The molecule has 20 heavy (non-hydrogen) atoms. The molecule has 0 spiro atoms. The van der Waals surface area contributed by atoms with Gasteiger partial charge in [-0.3, -0.25) is 4.79 Å². The lowest BCUT2D eigenvalue weighted by atomic mass is 9.91. The second-order valence-electron chi connectivity index (χ2n) is 4.49. The maximum Gasteiger partial charge on any atom is 0.694 e. The SMILES string of the molecule is CCOC(=O)NCCC(C)(C)C(=O)SCCO[P+](=O)O. The van der Waals surface area contributed by atoms with Crippen molar-refractivity contribution in [2.24, 2.45) is 5.41 Å². The normalized spacial score (nSPS) is 11.9. The van der Waals surface area contributed by atoms with E-state index in [0.717, 1.165) is 11.8 Å². The molecule has 0 saturated heterocycles. The monoisotopic (exact) mass is 326 g/mol. The van der Waals surface area contributed by atoms with Gasteiger partial charge in [0.05, 0.1) is 6.61 Å². The van der Waals surface area contributed by atoms with Crippen LogP contribution in [0.1, 0.15) is 27.2 Å². The minimum atomic E-state index is -2.62. The number of carbonyl (C=O) groups excluding carboxylic acids is 2.